The molecule has 1 aromatic rings. The number of aromatic nitrogens is 2. The van der Waals surface area contributed by atoms with Crippen molar-refractivity contribution in [3.8, 4) is 0 Å². The molecule has 0 spiro atoms. The van der Waals surface area contributed by atoms with Gasteiger partial charge in [0.2, 0.25) is 0 Å². The van der Waals surface area contributed by atoms with Gasteiger partial charge in [0.15, 0.2) is 0 Å². The minimum absolute atomic E-state index is 0.177. The number of nitrogen functional groups attached to an aromatic ring is 1. The molecule has 0 aliphatic rings. The second-order valence-corrected chi connectivity index (χ2v) is 2.61. The summed E-state index contributed by atoms with van der Waals surface area (Å²) in [5.74, 6) is 1.03. The van der Waals surface area contributed by atoms with Gasteiger partial charge in [-0.3, -0.25) is 0 Å². The lowest BCUT2D eigenvalue weighted by Gasteiger charge is -1.99. The number of nitrogens with two attached hydrogens (primary N) is 1. The van der Waals surface area contributed by atoms with Gasteiger partial charge >= 0.3 is 0 Å². The second kappa shape index (κ2) is 2.84. The molecule has 1 aromatic heterocycles. The molecule has 0 saturated heterocycles. The van der Waals surface area contributed by atoms with Crippen LogP contribution < -0.4 is 5.73 Å². The highest BCUT2D eigenvalue weighted by Crippen LogP contribution is 2.14. The fourth-order valence-electron chi connectivity index (χ4n) is 0.580. The van der Waals surface area contributed by atoms with Gasteiger partial charge in [-0.2, -0.15) is 0 Å². The van der Waals surface area contributed by atoms with Crippen molar-refractivity contribution in [1.29, 1.82) is 0 Å². The Balaban J connectivity index is 2.96. The molecule has 0 aliphatic heterocycles. The van der Waals surface area contributed by atoms with E-state index in [4.69, 9.17) is 17.3 Å². The Hall–Kier alpha value is -0.830. The largest absolute Gasteiger partial charge is 0.384 e. The van der Waals surface area contributed by atoms with Crippen molar-refractivity contribution >= 4 is 17.4 Å². The normalized spacial score (nSPS) is 13.0. The molecule has 1 atom stereocenters. The van der Waals surface area contributed by atoms with E-state index in [0.717, 1.165) is 0 Å². The number of halogens is 1. The highest BCUT2D eigenvalue weighted by atomic mass is 35.5. The van der Waals surface area contributed by atoms with Crippen LogP contribution in [0.5, 0.6) is 0 Å². The first-order valence-corrected chi connectivity index (χ1v) is 3.36. The Morgan fingerprint density at radius 3 is 2.80 bits per heavy atom. The Labute approximate surface area is 64.2 Å². The summed E-state index contributed by atoms with van der Waals surface area (Å²) in [6.45, 7) is 1.80. The van der Waals surface area contributed by atoms with Crippen LogP contribution in [0.1, 0.15) is 18.1 Å². The highest BCUT2D eigenvalue weighted by Gasteiger charge is 2.02. The van der Waals surface area contributed by atoms with Gasteiger partial charge in [0, 0.05) is 6.20 Å². The predicted molar refractivity (Wildman–Crippen MR) is 40.7 cm³/mol. The van der Waals surface area contributed by atoms with Crippen molar-refractivity contribution in [3.05, 3.63) is 18.1 Å². The third-order valence-corrected chi connectivity index (χ3v) is 1.25. The Kier molecular flexibility index (Phi) is 2.06. The van der Waals surface area contributed by atoms with Crippen LogP contribution in [0, 0.1) is 0 Å². The average molecular weight is 158 g/mol. The summed E-state index contributed by atoms with van der Waals surface area (Å²) in [6, 6.07) is 1.63. The van der Waals surface area contributed by atoms with E-state index in [1.165, 1.54) is 0 Å². The Bertz CT molecular complexity index is 224. The molecule has 0 radical (unpaired) electrons. The first-order valence-electron chi connectivity index (χ1n) is 2.92. The maximum atomic E-state index is 5.69. The fourth-order valence-corrected chi connectivity index (χ4v) is 0.685. The van der Waals surface area contributed by atoms with E-state index in [-0.39, 0.29) is 5.38 Å². The van der Waals surface area contributed by atoms with Crippen LogP contribution >= 0.6 is 11.6 Å². The van der Waals surface area contributed by atoms with Crippen molar-refractivity contribution in [2.24, 2.45) is 0 Å². The fraction of sp³-hybridized carbons (Fsp3) is 0.333. The SMILES string of the molecule is C[C@H](Cl)c1nccc(N)n1. The van der Waals surface area contributed by atoms with E-state index in [9.17, 15) is 0 Å². The molecule has 2 N–H and O–H groups in total. The molecule has 1 heterocycles. The first kappa shape index (κ1) is 7.28. The standard InChI is InChI=1S/C6H8ClN3/c1-4(7)6-9-3-2-5(8)10-6/h2-4H,1H3,(H2,8,9,10)/t4-/m0/s1. The van der Waals surface area contributed by atoms with Crippen molar-refractivity contribution in [2.45, 2.75) is 12.3 Å². The monoisotopic (exact) mass is 157 g/mol. The zero-order valence-electron chi connectivity index (χ0n) is 5.58. The molecule has 3 nitrogen and oxygen atoms in total. The second-order valence-electron chi connectivity index (χ2n) is 1.96. The van der Waals surface area contributed by atoms with E-state index < -0.39 is 0 Å². The summed E-state index contributed by atoms with van der Waals surface area (Å²) in [4.78, 5) is 7.82. The van der Waals surface area contributed by atoms with Crippen molar-refractivity contribution < 1.29 is 0 Å². The predicted octanol–water partition coefficient (Wildman–Crippen LogP) is 1.36. The first-order chi connectivity index (χ1) is 4.70. The summed E-state index contributed by atoms with van der Waals surface area (Å²) in [7, 11) is 0. The molecule has 10 heavy (non-hydrogen) atoms. The van der Waals surface area contributed by atoms with E-state index >= 15 is 0 Å². The lowest BCUT2D eigenvalue weighted by atomic mass is 10.4. The number of alkyl halides is 1. The van der Waals surface area contributed by atoms with Gasteiger partial charge in [-0.05, 0) is 13.0 Å². The molecular weight excluding hydrogens is 150 g/mol. The zero-order chi connectivity index (χ0) is 7.56. The van der Waals surface area contributed by atoms with E-state index in [2.05, 4.69) is 9.97 Å². The molecule has 54 valence electrons. The van der Waals surface area contributed by atoms with Gasteiger partial charge < -0.3 is 5.73 Å². The van der Waals surface area contributed by atoms with Crippen molar-refractivity contribution in [2.75, 3.05) is 5.73 Å². The minimum atomic E-state index is -0.177. The van der Waals surface area contributed by atoms with E-state index in [1.807, 2.05) is 0 Å². The van der Waals surface area contributed by atoms with Gasteiger partial charge in [-0.1, -0.05) is 0 Å². The third-order valence-electron chi connectivity index (χ3n) is 1.05. The molecule has 0 saturated carbocycles. The molecule has 0 aromatic carbocycles. The molecule has 0 aliphatic carbocycles. The van der Waals surface area contributed by atoms with Crippen LogP contribution in [-0.4, -0.2) is 9.97 Å². The van der Waals surface area contributed by atoms with Gasteiger partial charge in [0.25, 0.3) is 0 Å². The quantitative estimate of drug-likeness (QED) is 0.627. The molecule has 0 bridgehead atoms. The average Bonchev–Trinajstić information content (AvgIpc) is 1.88. The van der Waals surface area contributed by atoms with Gasteiger partial charge in [0.1, 0.15) is 11.6 Å². The van der Waals surface area contributed by atoms with Crippen LogP contribution in [0.3, 0.4) is 0 Å². The zero-order valence-corrected chi connectivity index (χ0v) is 6.34. The number of nitrogens with zero attached hydrogens (tertiary/aromatic N) is 2. The number of hydrogen-bond acceptors (Lipinski definition) is 3. The summed E-state index contributed by atoms with van der Waals surface area (Å²) < 4.78 is 0. The van der Waals surface area contributed by atoms with Crippen molar-refractivity contribution in [3.63, 3.8) is 0 Å². The number of anilines is 1. The van der Waals surface area contributed by atoms with Crippen LogP contribution in [0.25, 0.3) is 0 Å². The molecule has 0 unspecified atom stereocenters. The maximum Gasteiger partial charge on any atom is 0.148 e. The van der Waals surface area contributed by atoms with Crippen LogP contribution in [0.15, 0.2) is 12.3 Å². The summed E-state index contributed by atoms with van der Waals surface area (Å²) in [5, 5.41) is -0.177. The van der Waals surface area contributed by atoms with Crippen molar-refractivity contribution in [1.82, 2.24) is 9.97 Å². The maximum absolute atomic E-state index is 5.69. The highest BCUT2D eigenvalue weighted by molar-refractivity contribution is 6.20. The Morgan fingerprint density at radius 2 is 2.40 bits per heavy atom. The molecular formula is C6H8ClN3. The smallest absolute Gasteiger partial charge is 0.148 e. The summed E-state index contributed by atoms with van der Waals surface area (Å²) >= 11 is 5.69. The van der Waals surface area contributed by atoms with Crippen LogP contribution in [0.4, 0.5) is 5.82 Å². The number of rotatable bonds is 1. The lowest BCUT2D eigenvalue weighted by Crippen LogP contribution is -1.98. The van der Waals surface area contributed by atoms with Crippen LogP contribution in [0.2, 0.25) is 0 Å². The van der Waals surface area contributed by atoms with Gasteiger partial charge in [-0.25, -0.2) is 9.97 Å². The van der Waals surface area contributed by atoms with E-state index in [1.54, 1.807) is 19.2 Å². The van der Waals surface area contributed by atoms with Crippen LogP contribution in [-0.2, 0) is 0 Å². The van der Waals surface area contributed by atoms with Gasteiger partial charge in [0.05, 0.1) is 5.38 Å². The Morgan fingerprint density at radius 1 is 1.70 bits per heavy atom. The molecule has 4 heteroatoms. The topological polar surface area (TPSA) is 51.8 Å². The lowest BCUT2D eigenvalue weighted by molar-refractivity contribution is 0.915. The molecule has 1 rings (SSSR count). The third kappa shape index (κ3) is 1.57. The minimum Gasteiger partial charge on any atom is -0.384 e. The molecule has 0 amide bonds. The van der Waals surface area contributed by atoms with E-state index in [0.29, 0.717) is 11.6 Å². The molecule has 0 fully saturated rings. The number of hydrogen-bond donors (Lipinski definition) is 1. The van der Waals surface area contributed by atoms with Gasteiger partial charge in [-0.15, -0.1) is 11.6 Å². The summed E-state index contributed by atoms with van der Waals surface area (Å²) in [5.41, 5.74) is 5.39. The summed E-state index contributed by atoms with van der Waals surface area (Å²) in [6.07, 6.45) is 1.59.